The van der Waals surface area contributed by atoms with Gasteiger partial charge in [-0.1, -0.05) is 11.6 Å². The molecule has 176 valence electrons. The number of carbonyl (C=O) groups excluding carboxylic acids is 1. The normalized spacial score (nSPS) is 22.4. The molecule has 3 atom stereocenters. The van der Waals surface area contributed by atoms with Crippen molar-refractivity contribution in [3.63, 3.8) is 0 Å². The number of benzene rings is 1. The molecule has 7 nitrogen and oxygen atoms in total. The zero-order valence-corrected chi connectivity index (χ0v) is 18.5. The van der Waals surface area contributed by atoms with E-state index in [2.05, 4.69) is 21.5 Å². The van der Waals surface area contributed by atoms with E-state index in [0.29, 0.717) is 30.2 Å². The van der Waals surface area contributed by atoms with Crippen molar-refractivity contribution in [2.75, 3.05) is 11.9 Å². The van der Waals surface area contributed by atoms with Crippen LogP contribution in [0.3, 0.4) is 0 Å². The van der Waals surface area contributed by atoms with Crippen LogP contribution in [-0.4, -0.2) is 27.3 Å². The summed E-state index contributed by atoms with van der Waals surface area (Å²) in [5.74, 6) is -0.753. The number of anilines is 1. The van der Waals surface area contributed by atoms with Crippen LogP contribution in [0.1, 0.15) is 37.6 Å². The molecule has 1 amide bonds. The molecule has 1 saturated carbocycles. The molecule has 11 heteroatoms. The summed E-state index contributed by atoms with van der Waals surface area (Å²) >= 11 is 6.39. The molecule has 0 spiro atoms. The van der Waals surface area contributed by atoms with Crippen LogP contribution in [-0.2, 0) is 15.7 Å². The molecule has 3 heterocycles. The highest BCUT2D eigenvalue weighted by Crippen LogP contribution is 2.41. The third-order valence-electron chi connectivity index (χ3n) is 6.09. The number of amides is 1. The van der Waals surface area contributed by atoms with Crippen LogP contribution in [0.5, 0.6) is 0 Å². The predicted octanol–water partition coefficient (Wildman–Crippen LogP) is 5.57. The van der Waals surface area contributed by atoms with Gasteiger partial charge in [-0.05, 0) is 54.8 Å². The van der Waals surface area contributed by atoms with Crippen LogP contribution >= 0.6 is 11.6 Å². The maximum Gasteiger partial charge on any atom is 0.435 e. The van der Waals surface area contributed by atoms with Gasteiger partial charge >= 0.3 is 6.18 Å². The third-order valence-corrected chi connectivity index (χ3v) is 6.41. The van der Waals surface area contributed by atoms with Gasteiger partial charge in [-0.3, -0.25) is 4.79 Å². The second-order valence-corrected chi connectivity index (χ2v) is 8.91. The zero-order valence-electron chi connectivity index (χ0n) is 17.8. The van der Waals surface area contributed by atoms with Crippen LogP contribution in [0.4, 0.5) is 19.0 Å². The van der Waals surface area contributed by atoms with Gasteiger partial charge < -0.3 is 10.1 Å². The molecule has 0 radical (unpaired) electrons. The van der Waals surface area contributed by atoms with Crippen LogP contribution < -0.4 is 5.32 Å². The Morgan fingerprint density at radius 3 is 2.79 bits per heavy atom. The highest BCUT2D eigenvalue weighted by Gasteiger charge is 2.43. The number of carbonyl (C=O) groups is 1. The molecule has 1 saturated heterocycles. The van der Waals surface area contributed by atoms with Gasteiger partial charge in [0.2, 0.25) is 5.91 Å². The SMILES string of the molecule is N#C[C@@H]1C[C@H]1C(=O)Nc1cc2cc(-c3cn(C4CCCCO4)nc3C(F)(F)F)cc(Cl)c2cn1. The van der Waals surface area contributed by atoms with Gasteiger partial charge in [-0.15, -0.1) is 0 Å². The fraction of sp³-hybridized carbons (Fsp3) is 0.391. The van der Waals surface area contributed by atoms with Gasteiger partial charge in [0, 0.05) is 30.0 Å². The molecule has 1 aromatic carbocycles. The molecule has 2 fully saturated rings. The third kappa shape index (κ3) is 4.33. The van der Waals surface area contributed by atoms with Crippen molar-refractivity contribution in [1.82, 2.24) is 14.8 Å². The number of ether oxygens (including phenoxy) is 1. The van der Waals surface area contributed by atoms with Crippen molar-refractivity contribution in [1.29, 1.82) is 5.26 Å². The van der Waals surface area contributed by atoms with Crippen molar-refractivity contribution < 1.29 is 22.7 Å². The second kappa shape index (κ2) is 8.56. The number of fused-ring (bicyclic) bond motifs is 1. The van der Waals surface area contributed by atoms with E-state index in [1.54, 1.807) is 12.1 Å². The maximum atomic E-state index is 13.8. The Balaban J connectivity index is 1.52. The van der Waals surface area contributed by atoms with Crippen LogP contribution in [0, 0.1) is 23.2 Å². The Hall–Kier alpha value is -3.16. The van der Waals surface area contributed by atoms with Crippen molar-refractivity contribution in [3.8, 4) is 17.2 Å². The van der Waals surface area contributed by atoms with E-state index in [0.717, 1.165) is 12.8 Å². The maximum absolute atomic E-state index is 13.8. The Bertz CT molecular complexity index is 1310. The first-order chi connectivity index (χ1) is 16.2. The number of nitrogens with zero attached hydrogens (tertiary/aromatic N) is 4. The number of rotatable bonds is 4. The van der Waals surface area contributed by atoms with E-state index < -0.39 is 18.1 Å². The monoisotopic (exact) mass is 489 g/mol. The minimum Gasteiger partial charge on any atom is -0.357 e. The molecule has 1 aliphatic carbocycles. The average Bonchev–Trinajstić information content (AvgIpc) is 3.46. The molecule has 2 aromatic heterocycles. The quantitative estimate of drug-likeness (QED) is 0.517. The van der Waals surface area contributed by atoms with Crippen molar-refractivity contribution in [2.24, 2.45) is 11.8 Å². The molecule has 1 unspecified atom stereocenters. The van der Waals surface area contributed by atoms with Gasteiger partial charge in [0.15, 0.2) is 5.69 Å². The summed E-state index contributed by atoms with van der Waals surface area (Å²) in [6, 6.07) is 6.61. The van der Waals surface area contributed by atoms with Gasteiger partial charge in [-0.2, -0.15) is 23.5 Å². The Morgan fingerprint density at radius 1 is 1.29 bits per heavy atom. The summed E-state index contributed by atoms with van der Waals surface area (Å²) in [5.41, 5.74) is -0.888. The lowest BCUT2D eigenvalue weighted by atomic mass is 10.0. The summed E-state index contributed by atoms with van der Waals surface area (Å²) < 4.78 is 48.4. The van der Waals surface area contributed by atoms with E-state index in [9.17, 15) is 18.0 Å². The van der Waals surface area contributed by atoms with Gasteiger partial charge in [-0.25, -0.2) is 9.67 Å². The first-order valence-electron chi connectivity index (χ1n) is 10.8. The molecule has 1 N–H and O–H groups in total. The molecular formula is C23H19ClF3N5O2. The van der Waals surface area contributed by atoms with E-state index >= 15 is 0 Å². The van der Waals surface area contributed by atoms with Crippen LogP contribution in [0.15, 0.2) is 30.6 Å². The topological polar surface area (TPSA) is 92.8 Å². The van der Waals surface area contributed by atoms with Gasteiger partial charge in [0.05, 0.1) is 22.9 Å². The number of hydrogen-bond donors (Lipinski definition) is 1. The number of nitriles is 1. The van der Waals surface area contributed by atoms with E-state index in [4.69, 9.17) is 21.6 Å². The van der Waals surface area contributed by atoms with E-state index in [1.807, 2.05) is 0 Å². The number of hydrogen-bond acceptors (Lipinski definition) is 5. The number of aromatic nitrogens is 3. The first kappa shape index (κ1) is 22.6. The van der Waals surface area contributed by atoms with E-state index in [1.165, 1.54) is 23.1 Å². The van der Waals surface area contributed by atoms with Crippen molar-refractivity contribution in [3.05, 3.63) is 41.3 Å². The van der Waals surface area contributed by atoms with Crippen molar-refractivity contribution in [2.45, 2.75) is 38.1 Å². The predicted molar refractivity (Wildman–Crippen MR) is 118 cm³/mol. The smallest absolute Gasteiger partial charge is 0.357 e. The molecule has 1 aliphatic heterocycles. The standard InChI is InChI=1S/C23H19ClF3N5O2/c24-18-7-12(17-11-32(20-3-1-2-4-34-20)31-21(17)23(25,26)27)5-13-8-19(29-10-16(13)18)30-22(33)15-6-14(15)9-28/h5,7-8,10-11,14-15,20H,1-4,6H2,(H,29,30,33)/t14-,15+,20?/m0/s1. The Kier molecular flexibility index (Phi) is 5.70. The summed E-state index contributed by atoms with van der Waals surface area (Å²) in [6.45, 7) is 0.473. The summed E-state index contributed by atoms with van der Waals surface area (Å²) in [4.78, 5) is 16.4. The van der Waals surface area contributed by atoms with Crippen LogP contribution in [0.25, 0.3) is 21.9 Å². The lowest BCUT2D eigenvalue weighted by Gasteiger charge is -2.22. The lowest BCUT2D eigenvalue weighted by Crippen LogP contribution is -2.19. The molecule has 3 aromatic rings. The highest BCUT2D eigenvalue weighted by molar-refractivity contribution is 6.36. The Morgan fingerprint density at radius 2 is 2.12 bits per heavy atom. The molecule has 0 bridgehead atoms. The molecule has 34 heavy (non-hydrogen) atoms. The summed E-state index contributed by atoms with van der Waals surface area (Å²) in [7, 11) is 0. The lowest BCUT2D eigenvalue weighted by molar-refractivity contribution is -0.141. The number of pyridine rings is 1. The molecule has 5 rings (SSSR count). The van der Waals surface area contributed by atoms with Crippen molar-refractivity contribution >= 4 is 34.1 Å². The van der Waals surface area contributed by atoms with Gasteiger partial charge in [0.25, 0.3) is 0 Å². The largest absolute Gasteiger partial charge is 0.435 e. The molecular weight excluding hydrogens is 471 g/mol. The Labute approximate surface area is 197 Å². The number of halogens is 4. The van der Waals surface area contributed by atoms with Crippen LogP contribution in [0.2, 0.25) is 5.02 Å². The minimum absolute atomic E-state index is 0.109. The zero-order chi connectivity index (χ0) is 24.0. The summed E-state index contributed by atoms with van der Waals surface area (Å²) in [6.07, 6.45) is 0.369. The van der Waals surface area contributed by atoms with E-state index in [-0.39, 0.29) is 39.7 Å². The fourth-order valence-electron chi connectivity index (χ4n) is 4.18. The fourth-order valence-corrected chi connectivity index (χ4v) is 4.45. The summed E-state index contributed by atoms with van der Waals surface area (Å²) in [5, 5.41) is 16.7. The molecule has 2 aliphatic rings. The van der Waals surface area contributed by atoms with Gasteiger partial charge in [0.1, 0.15) is 12.0 Å². The highest BCUT2D eigenvalue weighted by atomic mass is 35.5. The number of alkyl halides is 3. The first-order valence-corrected chi connectivity index (χ1v) is 11.2. The number of nitrogens with one attached hydrogen (secondary N) is 1. The minimum atomic E-state index is -4.67. The average molecular weight is 490 g/mol. The second-order valence-electron chi connectivity index (χ2n) is 8.51.